The third-order valence-electron chi connectivity index (χ3n) is 5.88. The Morgan fingerprint density at radius 3 is 2.21 bits per heavy atom. The van der Waals surface area contributed by atoms with Crippen molar-refractivity contribution in [1.82, 2.24) is 15.6 Å². The number of nitrogens with zero attached hydrogens (tertiary/aromatic N) is 1. The topological polar surface area (TPSA) is 107 Å². The Labute approximate surface area is 197 Å². The first-order valence-corrected chi connectivity index (χ1v) is 10.9. The van der Waals surface area contributed by atoms with Gasteiger partial charge in [0.1, 0.15) is 12.0 Å². The van der Waals surface area contributed by atoms with Gasteiger partial charge in [-0.25, -0.2) is 4.79 Å². The van der Waals surface area contributed by atoms with Crippen molar-refractivity contribution in [3.63, 3.8) is 0 Å². The van der Waals surface area contributed by atoms with Gasteiger partial charge in [0.2, 0.25) is 11.8 Å². The van der Waals surface area contributed by atoms with E-state index in [9.17, 15) is 14.4 Å². The average molecular weight is 460 g/mol. The molecule has 0 bridgehead atoms. The first-order chi connectivity index (χ1) is 16.5. The number of carbonyl (C=O) groups excluding carboxylic acids is 3. The molecule has 8 heteroatoms. The summed E-state index contributed by atoms with van der Waals surface area (Å²) in [5.41, 5.74) is 1.21. The first kappa shape index (κ1) is 23.0. The van der Waals surface area contributed by atoms with Gasteiger partial charge in [0.15, 0.2) is 11.5 Å². The van der Waals surface area contributed by atoms with Crippen LogP contribution >= 0.6 is 0 Å². The highest BCUT2D eigenvalue weighted by Crippen LogP contribution is 2.35. The Balaban J connectivity index is 1.57. The molecule has 4 amide bonds. The highest BCUT2D eigenvalue weighted by molar-refractivity contribution is 6.19. The number of urea groups is 1. The van der Waals surface area contributed by atoms with E-state index in [-0.39, 0.29) is 12.8 Å². The Hall–Kier alpha value is -4.20. The number of imide groups is 2. The lowest BCUT2D eigenvalue weighted by molar-refractivity contribution is -0.144. The standard InChI is InChI=1S/C26H25N3O5/c1-33-22-15-20(7-8-21(22)34-17-19-5-3-2-4-6-19)16-26(12-9-18-10-13-27-14-11-18)23(30)28-25(32)29-24(26)31/h2-8,10-11,13-15H,9,12,16-17H2,1H3,(H2,28,29,30,31,32). The van der Waals surface area contributed by atoms with Crippen LogP contribution in [0.15, 0.2) is 73.1 Å². The summed E-state index contributed by atoms with van der Waals surface area (Å²) < 4.78 is 11.4. The van der Waals surface area contributed by atoms with Crippen molar-refractivity contribution in [2.75, 3.05) is 7.11 Å². The zero-order valence-corrected chi connectivity index (χ0v) is 18.7. The van der Waals surface area contributed by atoms with Crippen molar-refractivity contribution in [2.24, 2.45) is 5.41 Å². The number of rotatable bonds is 9. The fraction of sp³-hybridized carbons (Fsp3) is 0.231. The number of benzene rings is 2. The fourth-order valence-corrected chi connectivity index (χ4v) is 3.99. The highest BCUT2D eigenvalue weighted by Gasteiger charge is 2.49. The monoisotopic (exact) mass is 459 g/mol. The molecule has 1 aliphatic rings. The van der Waals surface area contributed by atoms with Crippen LogP contribution in [0.4, 0.5) is 4.79 Å². The number of aromatic nitrogens is 1. The predicted molar refractivity (Wildman–Crippen MR) is 124 cm³/mol. The summed E-state index contributed by atoms with van der Waals surface area (Å²) in [5.74, 6) is -0.184. The number of methoxy groups -OCH3 is 1. The number of nitrogens with one attached hydrogen (secondary N) is 2. The van der Waals surface area contributed by atoms with Crippen molar-refractivity contribution in [3.8, 4) is 11.5 Å². The second kappa shape index (κ2) is 10.2. The minimum Gasteiger partial charge on any atom is -0.493 e. The van der Waals surface area contributed by atoms with Gasteiger partial charge in [0.25, 0.3) is 0 Å². The molecule has 0 radical (unpaired) electrons. The summed E-state index contributed by atoms with van der Waals surface area (Å²) >= 11 is 0. The van der Waals surface area contributed by atoms with Crippen LogP contribution in [0.1, 0.15) is 23.1 Å². The molecule has 2 aromatic carbocycles. The van der Waals surface area contributed by atoms with Gasteiger partial charge in [0, 0.05) is 12.4 Å². The lowest BCUT2D eigenvalue weighted by Crippen LogP contribution is -2.63. The van der Waals surface area contributed by atoms with Gasteiger partial charge >= 0.3 is 6.03 Å². The van der Waals surface area contributed by atoms with Crippen LogP contribution in [0.5, 0.6) is 11.5 Å². The molecule has 0 saturated carbocycles. The molecule has 174 valence electrons. The van der Waals surface area contributed by atoms with Crippen LogP contribution in [0.2, 0.25) is 0 Å². The molecule has 1 aliphatic heterocycles. The van der Waals surface area contributed by atoms with Gasteiger partial charge in [-0.15, -0.1) is 0 Å². The molecule has 2 heterocycles. The van der Waals surface area contributed by atoms with E-state index in [2.05, 4.69) is 15.6 Å². The lowest BCUT2D eigenvalue weighted by atomic mass is 9.74. The Morgan fingerprint density at radius 2 is 1.53 bits per heavy atom. The number of hydrogen-bond donors (Lipinski definition) is 2. The molecule has 4 rings (SSSR count). The molecule has 0 unspecified atom stereocenters. The zero-order valence-electron chi connectivity index (χ0n) is 18.7. The Kier molecular flexibility index (Phi) is 6.87. The van der Waals surface area contributed by atoms with Crippen LogP contribution in [-0.4, -0.2) is 29.9 Å². The molecule has 1 saturated heterocycles. The van der Waals surface area contributed by atoms with E-state index in [1.54, 1.807) is 30.6 Å². The van der Waals surface area contributed by atoms with Gasteiger partial charge in [-0.3, -0.25) is 25.2 Å². The molecule has 1 aromatic heterocycles. The zero-order chi connectivity index (χ0) is 24.0. The van der Waals surface area contributed by atoms with E-state index in [0.29, 0.717) is 30.1 Å². The number of amides is 4. The summed E-state index contributed by atoms with van der Waals surface area (Å²) in [4.78, 5) is 41.7. The third-order valence-corrected chi connectivity index (χ3v) is 5.88. The number of pyridine rings is 1. The van der Waals surface area contributed by atoms with E-state index < -0.39 is 23.3 Å². The maximum atomic E-state index is 13.0. The average Bonchev–Trinajstić information content (AvgIpc) is 2.86. The maximum absolute atomic E-state index is 13.0. The van der Waals surface area contributed by atoms with Crippen LogP contribution < -0.4 is 20.1 Å². The molecule has 8 nitrogen and oxygen atoms in total. The summed E-state index contributed by atoms with van der Waals surface area (Å²) in [6.07, 6.45) is 4.10. The van der Waals surface area contributed by atoms with Crippen LogP contribution in [0.3, 0.4) is 0 Å². The van der Waals surface area contributed by atoms with Gasteiger partial charge in [-0.05, 0) is 60.2 Å². The summed E-state index contributed by atoms with van der Waals surface area (Å²) in [7, 11) is 1.53. The number of carbonyl (C=O) groups is 3. The maximum Gasteiger partial charge on any atom is 0.328 e. The minimum atomic E-state index is -1.45. The van der Waals surface area contributed by atoms with E-state index in [1.807, 2.05) is 42.5 Å². The summed E-state index contributed by atoms with van der Waals surface area (Å²) in [5, 5.41) is 4.51. The Morgan fingerprint density at radius 1 is 0.824 bits per heavy atom. The van der Waals surface area contributed by atoms with Crippen LogP contribution in [-0.2, 0) is 29.0 Å². The normalized spacial score (nSPS) is 14.8. The van der Waals surface area contributed by atoms with Gasteiger partial charge < -0.3 is 9.47 Å². The number of hydrogen-bond acceptors (Lipinski definition) is 6. The second-order valence-electron chi connectivity index (χ2n) is 8.11. The number of ether oxygens (including phenoxy) is 2. The summed E-state index contributed by atoms with van der Waals surface area (Å²) in [6.45, 7) is 0.374. The van der Waals surface area contributed by atoms with Gasteiger partial charge in [0.05, 0.1) is 7.11 Å². The Bertz CT molecular complexity index is 1160. The lowest BCUT2D eigenvalue weighted by Gasteiger charge is -2.34. The van der Waals surface area contributed by atoms with E-state index in [4.69, 9.17) is 9.47 Å². The molecule has 0 atom stereocenters. The molecule has 2 N–H and O–H groups in total. The molecule has 0 spiro atoms. The third kappa shape index (κ3) is 5.06. The van der Waals surface area contributed by atoms with Crippen molar-refractivity contribution in [2.45, 2.75) is 25.9 Å². The van der Waals surface area contributed by atoms with Crippen molar-refractivity contribution in [3.05, 3.63) is 89.7 Å². The van der Waals surface area contributed by atoms with Crippen molar-refractivity contribution in [1.29, 1.82) is 0 Å². The second-order valence-corrected chi connectivity index (χ2v) is 8.11. The van der Waals surface area contributed by atoms with Gasteiger partial charge in [-0.1, -0.05) is 36.4 Å². The van der Waals surface area contributed by atoms with E-state index in [1.165, 1.54) is 7.11 Å². The van der Waals surface area contributed by atoms with E-state index in [0.717, 1.165) is 11.1 Å². The highest BCUT2D eigenvalue weighted by atomic mass is 16.5. The predicted octanol–water partition coefficient (Wildman–Crippen LogP) is 3.20. The smallest absolute Gasteiger partial charge is 0.328 e. The van der Waals surface area contributed by atoms with Gasteiger partial charge in [-0.2, -0.15) is 0 Å². The SMILES string of the molecule is COc1cc(CC2(CCc3ccncc3)C(=O)NC(=O)NC2=O)ccc1OCc1ccccc1. The first-order valence-electron chi connectivity index (χ1n) is 10.9. The molecular formula is C26H25N3O5. The van der Waals surface area contributed by atoms with Crippen LogP contribution in [0, 0.1) is 5.41 Å². The molecule has 34 heavy (non-hydrogen) atoms. The number of aryl methyl sites for hydroxylation is 1. The molecular weight excluding hydrogens is 434 g/mol. The largest absolute Gasteiger partial charge is 0.493 e. The summed E-state index contributed by atoms with van der Waals surface area (Å²) in [6, 6.07) is 17.9. The minimum absolute atomic E-state index is 0.0956. The molecule has 0 aliphatic carbocycles. The molecule has 1 fully saturated rings. The number of barbiturate groups is 1. The quantitative estimate of drug-likeness (QED) is 0.476. The van der Waals surface area contributed by atoms with Crippen molar-refractivity contribution < 1.29 is 23.9 Å². The van der Waals surface area contributed by atoms with Crippen molar-refractivity contribution >= 4 is 17.8 Å². The van der Waals surface area contributed by atoms with E-state index >= 15 is 0 Å². The molecule has 3 aromatic rings. The fourth-order valence-electron chi connectivity index (χ4n) is 3.99. The van der Waals surface area contributed by atoms with Crippen LogP contribution in [0.25, 0.3) is 0 Å².